The van der Waals surface area contributed by atoms with Crippen LogP contribution in [0.1, 0.15) is 5.56 Å². The van der Waals surface area contributed by atoms with Gasteiger partial charge in [-0.3, -0.25) is 9.59 Å². The topological polar surface area (TPSA) is 88.9 Å². The normalized spacial score (nSPS) is 10.7. The molecule has 1 aromatic heterocycles. The van der Waals surface area contributed by atoms with E-state index in [0.717, 1.165) is 11.3 Å². The molecule has 1 heterocycles. The molecule has 0 aliphatic heterocycles. The van der Waals surface area contributed by atoms with Gasteiger partial charge in [0.25, 0.3) is 0 Å². The average molecular weight is 382 g/mol. The van der Waals surface area contributed by atoms with E-state index < -0.39 is 0 Å². The van der Waals surface area contributed by atoms with Crippen molar-refractivity contribution in [2.75, 3.05) is 11.9 Å². The zero-order chi connectivity index (χ0) is 19.1. The first-order valence-electron chi connectivity index (χ1n) is 8.06. The lowest BCUT2D eigenvalue weighted by molar-refractivity contribution is -0.121. The molecule has 0 atom stereocenters. The molecule has 0 saturated heterocycles. The van der Waals surface area contributed by atoms with Crippen LogP contribution in [-0.2, 0) is 9.59 Å². The summed E-state index contributed by atoms with van der Waals surface area (Å²) >= 11 is 5.81. The average Bonchev–Trinajstić information content (AvgIpc) is 3.21. The summed E-state index contributed by atoms with van der Waals surface area (Å²) in [6.45, 7) is -0.130. The molecule has 2 N–H and O–H groups in total. The van der Waals surface area contributed by atoms with Crippen molar-refractivity contribution in [1.29, 1.82) is 0 Å². The first kappa shape index (κ1) is 18.3. The van der Waals surface area contributed by atoms with E-state index in [9.17, 15) is 9.59 Å². The van der Waals surface area contributed by atoms with Crippen molar-refractivity contribution in [3.05, 3.63) is 77.8 Å². The van der Waals surface area contributed by atoms with Crippen molar-refractivity contribution in [1.82, 2.24) is 20.1 Å². The van der Waals surface area contributed by atoms with Crippen LogP contribution in [0.2, 0.25) is 5.02 Å². The maximum Gasteiger partial charge on any atom is 0.244 e. The van der Waals surface area contributed by atoms with Crippen molar-refractivity contribution in [3.63, 3.8) is 0 Å². The van der Waals surface area contributed by atoms with Gasteiger partial charge in [0, 0.05) is 16.8 Å². The first-order valence-corrected chi connectivity index (χ1v) is 8.44. The molecule has 0 bridgehead atoms. The van der Waals surface area contributed by atoms with Gasteiger partial charge in [-0.1, -0.05) is 23.7 Å². The second-order valence-corrected chi connectivity index (χ2v) is 5.97. The van der Waals surface area contributed by atoms with Crippen LogP contribution in [0, 0.1) is 0 Å². The number of hydrogen-bond acceptors (Lipinski definition) is 4. The Morgan fingerprint density at radius 1 is 1.07 bits per heavy atom. The zero-order valence-corrected chi connectivity index (χ0v) is 14.9. The van der Waals surface area contributed by atoms with Gasteiger partial charge in [-0.15, -0.1) is 0 Å². The summed E-state index contributed by atoms with van der Waals surface area (Å²) < 4.78 is 1.61. The predicted octanol–water partition coefficient (Wildman–Crippen LogP) is 2.69. The molecule has 0 radical (unpaired) electrons. The van der Waals surface area contributed by atoms with Crippen LogP contribution >= 0.6 is 11.6 Å². The Labute approximate surface area is 160 Å². The zero-order valence-electron chi connectivity index (χ0n) is 14.2. The van der Waals surface area contributed by atoms with Crippen molar-refractivity contribution in [3.8, 4) is 5.69 Å². The van der Waals surface area contributed by atoms with E-state index in [2.05, 4.69) is 20.7 Å². The molecule has 0 unspecified atom stereocenters. The van der Waals surface area contributed by atoms with E-state index in [1.807, 2.05) is 0 Å². The van der Waals surface area contributed by atoms with Crippen LogP contribution in [0.25, 0.3) is 11.8 Å². The minimum Gasteiger partial charge on any atom is -0.343 e. The van der Waals surface area contributed by atoms with Crippen LogP contribution in [0.3, 0.4) is 0 Å². The summed E-state index contributed by atoms with van der Waals surface area (Å²) in [5.41, 5.74) is 2.28. The van der Waals surface area contributed by atoms with Gasteiger partial charge in [0.05, 0.1) is 12.2 Å². The largest absolute Gasteiger partial charge is 0.343 e. The number of hydrogen-bond donors (Lipinski definition) is 2. The second kappa shape index (κ2) is 8.77. The lowest BCUT2D eigenvalue weighted by atomic mass is 10.2. The number of rotatable bonds is 6. The fourth-order valence-electron chi connectivity index (χ4n) is 2.22. The van der Waals surface area contributed by atoms with E-state index in [4.69, 9.17) is 11.6 Å². The molecule has 0 aliphatic carbocycles. The third-order valence-corrected chi connectivity index (χ3v) is 3.81. The van der Waals surface area contributed by atoms with Gasteiger partial charge in [-0.05, 0) is 48.0 Å². The van der Waals surface area contributed by atoms with Gasteiger partial charge in [0.1, 0.15) is 12.7 Å². The SMILES string of the molecule is O=C(/C=C/c1ccc(Cl)cc1)NCC(=O)Nc1ccc(-n2cncn2)cc1. The molecule has 8 heteroatoms. The fraction of sp³-hybridized carbons (Fsp3) is 0.0526. The number of nitrogens with one attached hydrogen (secondary N) is 2. The van der Waals surface area contributed by atoms with Gasteiger partial charge in [0.2, 0.25) is 11.8 Å². The van der Waals surface area contributed by atoms with E-state index in [1.54, 1.807) is 65.6 Å². The van der Waals surface area contributed by atoms with Gasteiger partial charge < -0.3 is 10.6 Å². The Kier molecular flexibility index (Phi) is 5.96. The van der Waals surface area contributed by atoms with Crippen LogP contribution in [0.15, 0.2) is 67.3 Å². The van der Waals surface area contributed by atoms with E-state index in [0.29, 0.717) is 10.7 Å². The van der Waals surface area contributed by atoms with Crippen LogP contribution in [0.5, 0.6) is 0 Å². The summed E-state index contributed by atoms with van der Waals surface area (Å²) in [5, 5.41) is 9.90. The van der Waals surface area contributed by atoms with E-state index >= 15 is 0 Å². The molecule has 7 nitrogen and oxygen atoms in total. The smallest absolute Gasteiger partial charge is 0.244 e. The van der Waals surface area contributed by atoms with Crippen molar-refractivity contribution < 1.29 is 9.59 Å². The highest BCUT2D eigenvalue weighted by molar-refractivity contribution is 6.30. The van der Waals surface area contributed by atoms with Gasteiger partial charge in [-0.25, -0.2) is 9.67 Å². The molecular weight excluding hydrogens is 366 g/mol. The van der Waals surface area contributed by atoms with Gasteiger partial charge in [0.15, 0.2) is 0 Å². The Balaban J connectivity index is 1.46. The molecule has 2 aromatic carbocycles. The number of nitrogens with zero attached hydrogens (tertiary/aromatic N) is 3. The van der Waals surface area contributed by atoms with Crippen molar-refractivity contribution >= 4 is 35.2 Å². The molecule has 0 aliphatic rings. The summed E-state index contributed by atoms with van der Waals surface area (Å²) in [5.74, 6) is -0.682. The maximum atomic E-state index is 12.0. The number of halogens is 1. The second-order valence-electron chi connectivity index (χ2n) is 5.54. The fourth-order valence-corrected chi connectivity index (χ4v) is 2.34. The monoisotopic (exact) mass is 381 g/mol. The Bertz CT molecular complexity index is 935. The van der Waals surface area contributed by atoms with Crippen LogP contribution in [-0.4, -0.2) is 33.1 Å². The summed E-state index contributed by atoms with van der Waals surface area (Å²) in [4.78, 5) is 27.6. The number of carbonyl (C=O) groups excluding carboxylic acids is 2. The lowest BCUT2D eigenvalue weighted by Crippen LogP contribution is -2.31. The molecule has 0 spiro atoms. The van der Waals surface area contributed by atoms with Crippen LogP contribution < -0.4 is 10.6 Å². The number of aromatic nitrogens is 3. The third kappa shape index (κ3) is 5.52. The molecule has 2 amide bonds. The third-order valence-electron chi connectivity index (χ3n) is 3.55. The summed E-state index contributed by atoms with van der Waals surface area (Å²) in [6, 6.07) is 14.2. The van der Waals surface area contributed by atoms with Crippen LogP contribution in [0.4, 0.5) is 5.69 Å². The molecule has 3 aromatic rings. The van der Waals surface area contributed by atoms with Crippen molar-refractivity contribution in [2.45, 2.75) is 0 Å². The molecule has 3 rings (SSSR count). The van der Waals surface area contributed by atoms with Crippen molar-refractivity contribution in [2.24, 2.45) is 0 Å². The highest BCUT2D eigenvalue weighted by atomic mass is 35.5. The minimum absolute atomic E-state index is 0.130. The number of anilines is 1. The molecule has 0 saturated carbocycles. The highest BCUT2D eigenvalue weighted by Gasteiger charge is 2.05. The highest BCUT2D eigenvalue weighted by Crippen LogP contribution is 2.12. The number of benzene rings is 2. The molecule has 27 heavy (non-hydrogen) atoms. The quantitative estimate of drug-likeness (QED) is 0.642. The Morgan fingerprint density at radius 3 is 2.48 bits per heavy atom. The maximum absolute atomic E-state index is 12.0. The first-order chi connectivity index (χ1) is 13.1. The minimum atomic E-state index is -0.360. The summed E-state index contributed by atoms with van der Waals surface area (Å²) in [7, 11) is 0. The number of carbonyl (C=O) groups is 2. The predicted molar refractivity (Wildman–Crippen MR) is 103 cm³/mol. The number of amides is 2. The Hall–Kier alpha value is -3.45. The standard InChI is InChI=1S/C19H16ClN5O2/c20-15-4-1-14(2-5-15)3-10-18(26)22-11-19(27)24-16-6-8-17(9-7-16)25-13-21-12-23-25/h1-10,12-13H,11H2,(H,22,26)(H,24,27)/b10-3+. The van der Waals surface area contributed by atoms with Gasteiger partial charge >= 0.3 is 0 Å². The van der Waals surface area contributed by atoms with E-state index in [-0.39, 0.29) is 18.4 Å². The van der Waals surface area contributed by atoms with Gasteiger partial charge in [-0.2, -0.15) is 5.10 Å². The molecule has 136 valence electrons. The molecule has 0 fully saturated rings. The Morgan fingerprint density at radius 2 is 1.81 bits per heavy atom. The summed E-state index contributed by atoms with van der Waals surface area (Å²) in [6.07, 6.45) is 6.04. The van der Waals surface area contributed by atoms with E-state index in [1.165, 1.54) is 12.4 Å². The molecular formula is C19H16ClN5O2. The lowest BCUT2D eigenvalue weighted by Gasteiger charge is -2.07.